The summed E-state index contributed by atoms with van der Waals surface area (Å²) in [6.45, 7) is 6.43. The summed E-state index contributed by atoms with van der Waals surface area (Å²) < 4.78 is 5.92. The SMILES string of the molecule is COC1(c2nc(NN)cc(C(C)(C)C)n2)CCCCCC1. The lowest BCUT2D eigenvalue weighted by Gasteiger charge is -2.31. The lowest BCUT2D eigenvalue weighted by Crippen LogP contribution is -2.32. The van der Waals surface area contributed by atoms with Crippen molar-refractivity contribution in [2.24, 2.45) is 5.84 Å². The first kappa shape index (κ1) is 16.2. The molecule has 1 fully saturated rings. The molecule has 0 saturated heterocycles. The van der Waals surface area contributed by atoms with Crippen LogP contribution in [0.15, 0.2) is 6.07 Å². The van der Waals surface area contributed by atoms with E-state index in [-0.39, 0.29) is 11.0 Å². The summed E-state index contributed by atoms with van der Waals surface area (Å²) in [5.74, 6) is 7.02. The van der Waals surface area contributed by atoms with Gasteiger partial charge in [0.1, 0.15) is 11.4 Å². The number of nitrogens with one attached hydrogen (secondary N) is 1. The normalized spacial score (nSPS) is 19.1. The largest absolute Gasteiger partial charge is 0.370 e. The van der Waals surface area contributed by atoms with E-state index in [4.69, 9.17) is 15.6 Å². The van der Waals surface area contributed by atoms with Crippen molar-refractivity contribution in [3.05, 3.63) is 17.6 Å². The summed E-state index contributed by atoms with van der Waals surface area (Å²) >= 11 is 0. The topological polar surface area (TPSA) is 73.1 Å². The molecular weight excluding hydrogens is 264 g/mol. The third kappa shape index (κ3) is 3.52. The number of nitrogens with zero attached hydrogens (tertiary/aromatic N) is 2. The number of rotatable bonds is 3. The number of hydrogen-bond acceptors (Lipinski definition) is 5. The highest BCUT2D eigenvalue weighted by Crippen LogP contribution is 2.38. The van der Waals surface area contributed by atoms with Crippen molar-refractivity contribution in [2.75, 3.05) is 12.5 Å². The van der Waals surface area contributed by atoms with Crippen molar-refractivity contribution >= 4 is 5.82 Å². The Morgan fingerprint density at radius 3 is 2.24 bits per heavy atom. The van der Waals surface area contributed by atoms with Crippen molar-refractivity contribution in [1.82, 2.24) is 9.97 Å². The van der Waals surface area contributed by atoms with E-state index in [1.807, 2.05) is 6.07 Å². The molecule has 0 radical (unpaired) electrons. The van der Waals surface area contributed by atoms with Crippen LogP contribution in [0, 0.1) is 0 Å². The smallest absolute Gasteiger partial charge is 0.162 e. The Bertz CT molecular complexity index is 474. The molecule has 0 aliphatic heterocycles. The van der Waals surface area contributed by atoms with Gasteiger partial charge >= 0.3 is 0 Å². The molecule has 1 heterocycles. The highest BCUT2D eigenvalue weighted by Gasteiger charge is 2.37. The van der Waals surface area contributed by atoms with Gasteiger partial charge in [0.05, 0.1) is 5.69 Å². The van der Waals surface area contributed by atoms with E-state index in [0.717, 1.165) is 37.2 Å². The standard InChI is InChI=1S/C16H28N4O/c1-15(2,3)12-11-13(20-17)19-14(18-12)16(21-4)9-7-5-6-8-10-16/h11H,5-10,17H2,1-4H3,(H,18,19,20). The maximum atomic E-state index is 5.92. The Labute approximate surface area is 127 Å². The summed E-state index contributed by atoms with van der Waals surface area (Å²) in [7, 11) is 1.77. The lowest BCUT2D eigenvalue weighted by molar-refractivity contribution is -0.0353. The van der Waals surface area contributed by atoms with Gasteiger partial charge in [0.2, 0.25) is 0 Å². The van der Waals surface area contributed by atoms with Gasteiger partial charge in [0, 0.05) is 18.6 Å². The molecule has 5 heteroatoms. The van der Waals surface area contributed by atoms with E-state index in [9.17, 15) is 0 Å². The molecule has 0 amide bonds. The van der Waals surface area contributed by atoms with Gasteiger partial charge in [0.25, 0.3) is 0 Å². The fourth-order valence-corrected chi connectivity index (χ4v) is 2.93. The number of ether oxygens (including phenoxy) is 1. The van der Waals surface area contributed by atoms with Crippen molar-refractivity contribution in [3.8, 4) is 0 Å². The van der Waals surface area contributed by atoms with Crippen LogP contribution in [0.25, 0.3) is 0 Å². The predicted molar refractivity (Wildman–Crippen MR) is 84.9 cm³/mol. The molecule has 0 bridgehead atoms. The average Bonchev–Trinajstić information content (AvgIpc) is 2.72. The average molecular weight is 292 g/mol. The zero-order valence-corrected chi connectivity index (χ0v) is 13.7. The van der Waals surface area contributed by atoms with Crippen LogP contribution in [-0.4, -0.2) is 17.1 Å². The van der Waals surface area contributed by atoms with Crippen molar-refractivity contribution in [1.29, 1.82) is 0 Å². The molecule has 118 valence electrons. The molecule has 1 aliphatic rings. The molecule has 1 saturated carbocycles. The Morgan fingerprint density at radius 1 is 1.14 bits per heavy atom. The number of nitrogen functional groups attached to an aromatic ring is 1. The molecule has 1 aliphatic carbocycles. The second-order valence-electron chi connectivity index (χ2n) is 6.97. The van der Waals surface area contributed by atoms with Gasteiger partial charge in [-0.3, -0.25) is 0 Å². The van der Waals surface area contributed by atoms with E-state index in [1.165, 1.54) is 12.8 Å². The quantitative estimate of drug-likeness (QED) is 0.508. The number of hydrogen-bond donors (Lipinski definition) is 2. The first-order valence-electron chi connectivity index (χ1n) is 7.83. The fraction of sp³-hybridized carbons (Fsp3) is 0.750. The second kappa shape index (κ2) is 6.28. The second-order valence-corrected chi connectivity index (χ2v) is 6.97. The summed E-state index contributed by atoms with van der Waals surface area (Å²) in [4.78, 5) is 9.43. The molecule has 0 spiro atoms. The van der Waals surface area contributed by atoms with Crippen molar-refractivity contribution in [3.63, 3.8) is 0 Å². The first-order valence-corrected chi connectivity index (χ1v) is 7.83. The summed E-state index contributed by atoms with van der Waals surface area (Å²) in [5.41, 5.74) is 3.23. The molecular formula is C16H28N4O. The number of nitrogens with two attached hydrogens (primary N) is 1. The molecule has 0 unspecified atom stereocenters. The summed E-state index contributed by atoms with van der Waals surface area (Å²) in [5, 5.41) is 0. The summed E-state index contributed by atoms with van der Waals surface area (Å²) in [6.07, 6.45) is 6.77. The van der Waals surface area contributed by atoms with Gasteiger partial charge in [-0.2, -0.15) is 0 Å². The van der Waals surface area contributed by atoms with Gasteiger partial charge in [0.15, 0.2) is 5.82 Å². The van der Waals surface area contributed by atoms with Crippen LogP contribution in [0.1, 0.15) is 70.8 Å². The third-order valence-electron chi connectivity index (χ3n) is 4.35. The highest BCUT2D eigenvalue weighted by atomic mass is 16.5. The van der Waals surface area contributed by atoms with E-state index >= 15 is 0 Å². The molecule has 21 heavy (non-hydrogen) atoms. The molecule has 0 aromatic carbocycles. The zero-order chi connectivity index (χ0) is 15.5. The minimum atomic E-state index is -0.372. The van der Waals surface area contributed by atoms with Gasteiger partial charge in [-0.25, -0.2) is 15.8 Å². The zero-order valence-electron chi connectivity index (χ0n) is 13.7. The van der Waals surface area contributed by atoms with Crippen LogP contribution >= 0.6 is 0 Å². The third-order valence-corrected chi connectivity index (χ3v) is 4.35. The van der Waals surface area contributed by atoms with E-state index in [0.29, 0.717) is 5.82 Å². The molecule has 1 aromatic rings. The summed E-state index contributed by atoms with van der Waals surface area (Å²) in [6, 6.07) is 1.92. The van der Waals surface area contributed by atoms with E-state index in [1.54, 1.807) is 7.11 Å². The number of aromatic nitrogens is 2. The molecule has 1 aromatic heterocycles. The van der Waals surface area contributed by atoms with Crippen LogP contribution in [0.4, 0.5) is 5.82 Å². The Hall–Kier alpha value is -1.20. The molecule has 0 atom stereocenters. The van der Waals surface area contributed by atoms with Crippen molar-refractivity contribution < 1.29 is 4.74 Å². The Morgan fingerprint density at radius 2 is 1.76 bits per heavy atom. The fourth-order valence-electron chi connectivity index (χ4n) is 2.93. The minimum absolute atomic E-state index is 0.0526. The minimum Gasteiger partial charge on any atom is -0.370 e. The van der Waals surface area contributed by atoms with Crippen LogP contribution in [0.5, 0.6) is 0 Å². The number of hydrazine groups is 1. The van der Waals surface area contributed by atoms with Gasteiger partial charge < -0.3 is 10.2 Å². The monoisotopic (exact) mass is 292 g/mol. The Kier molecular flexibility index (Phi) is 4.84. The van der Waals surface area contributed by atoms with Crippen LogP contribution in [0.3, 0.4) is 0 Å². The maximum absolute atomic E-state index is 5.92. The molecule has 3 N–H and O–H groups in total. The van der Waals surface area contributed by atoms with Crippen LogP contribution in [-0.2, 0) is 15.8 Å². The Balaban J connectivity index is 2.49. The van der Waals surface area contributed by atoms with Gasteiger partial charge in [-0.05, 0) is 12.8 Å². The molecule has 2 rings (SSSR count). The lowest BCUT2D eigenvalue weighted by atomic mass is 9.89. The van der Waals surface area contributed by atoms with E-state index < -0.39 is 0 Å². The van der Waals surface area contributed by atoms with E-state index in [2.05, 4.69) is 31.2 Å². The van der Waals surface area contributed by atoms with Crippen LogP contribution in [0.2, 0.25) is 0 Å². The van der Waals surface area contributed by atoms with Gasteiger partial charge in [-0.1, -0.05) is 46.5 Å². The van der Waals surface area contributed by atoms with Gasteiger partial charge in [-0.15, -0.1) is 0 Å². The number of anilines is 1. The highest BCUT2D eigenvalue weighted by molar-refractivity contribution is 5.37. The molecule has 5 nitrogen and oxygen atoms in total. The maximum Gasteiger partial charge on any atom is 0.162 e. The van der Waals surface area contributed by atoms with Crippen molar-refractivity contribution in [2.45, 2.75) is 70.3 Å². The first-order chi connectivity index (χ1) is 9.91. The van der Waals surface area contributed by atoms with Crippen LogP contribution < -0.4 is 11.3 Å². The number of methoxy groups -OCH3 is 1. The predicted octanol–water partition coefficient (Wildman–Crippen LogP) is 3.26.